The van der Waals surface area contributed by atoms with E-state index in [4.69, 9.17) is 11.5 Å². The van der Waals surface area contributed by atoms with Gasteiger partial charge in [0.15, 0.2) is 5.96 Å². The summed E-state index contributed by atoms with van der Waals surface area (Å²) in [4.78, 5) is 58.9. The molecule has 0 saturated carbocycles. The average molecular weight is 500 g/mol. The van der Waals surface area contributed by atoms with E-state index in [1.165, 1.54) is 0 Å². The molecular weight excluding hydrogens is 462 g/mol. The molecule has 36 heavy (non-hydrogen) atoms. The Bertz CT molecular complexity index is 964. The van der Waals surface area contributed by atoms with Crippen molar-refractivity contribution < 1.29 is 19.2 Å². The third-order valence-corrected chi connectivity index (χ3v) is 6.61. The van der Waals surface area contributed by atoms with E-state index in [0.29, 0.717) is 32.4 Å². The molecule has 1 aromatic carbocycles. The number of carbonyl (C=O) groups is 4. The van der Waals surface area contributed by atoms with Crippen molar-refractivity contribution in [3.63, 3.8) is 0 Å². The van der Waals surface area contributed by atoms with Crippen molar-refractivity contribution in [2.75, 3.05) is 13.1 Å². The number of piperidine rings is 1. The van der Waals surface area contributed by atoms with Crippen LogP contribution in [0.25, 0.3) is 0 Å². The molecule has 4 atom stereocenters. The molecular formula is C25H37N7O4. The van der Waals surface area contributed by atoms with Gasteiger partial charge in [0.25, 0.3) is 0 Å². The third kappa shape index (κ3) is 7.19. The van der Waals surface area contributed by atoms with Crippen molar-refractivity contribution >= 4 is 29.6 Å². The van der Waals surface area contributed by atoms with Crippen LogP contribution in [-0.4, -0.2) is 71.7 Å². The van der Waals surface area contributed by atoms with Crippen molar-refractivity contribution in [2.24, 2.45) is 16.5 Å². The van der Waals surface area contributed by atoms with Crippen LogP contribution in [0, 0.1) is 0 Å². The summed E-state index contributed by atoms with van der Waals surface area (Å²) in [7, 11) is 0. The number of hydrogen-bond acceptors (Lipinski definition) is 5. The van der Waals surface area contributed by atoms with Gasteiger partial charge in [-0.2, -0.15) is 0 Å². The van der Waals surface area contributed by atoms with Crippen LogP contribution in [0.4, 0.5) is 0 Å². The molecule has 196 valence electrons. The molecule has 0 aromatic heterocycles. The van der Waals surface area contributed by atoms with Gasteiger partial charge in [-0.15, -0.1) is 0 Å². The molecule has 4 amide bonds. The second-order valence-electron chi connectivity index (χ2n) is 9.27. The topological polar surface area (TPSA) is 172 Å². The minimum absolute atomic E-state index is 0.0497. The molecule has 1 aromatic rings. The molecule has 7 N–H and O–H groups in total. The SMILES string of the molecule is CC[C@@H]1NC(=O)[C@H](CCCN=C(N)N)NC(=O)[C@H]2CCCCN2C(=O)[C@H](Cc2ccccc2)NC1=O. The fourth-order valence-electron chi connectivity index (χ4n) is 4.66. The second kappa shape index (κ2) is 12.9. The number of nitrogens with two attached hydrogens (primary N) is 2. The number of hydrogen-bond donors (Lipinski definition) is 5. The molecule has 2 aliphatic rings. The summed E-state index contributed by atoms with van der Waals surface area (Å²) in [5, 5.41) is 8.44. The van der Waals surface area contributed by atoms with Gasteiger partial charge in [-0.25, -0.2) is 0 Å². The summed E-state index contributed by atoms with van der Waals surface area (Å²) in [6.07, 6.45) is 3.39. The molecule has 0 aliphatic carbocycles. The maximum absolute atomic E-state index is 13.7. The first-order valence-corrected chi connectivity index (χ1v) is 12.6. The minimum atomic E-state index is -0.882. The van der Waals surface area contributed by atoms with Crippen LogP contribution in [0.5, 0.6) is 0 Å². The highest BCUT2D eigenvalue weighted by Crippen LogP contribution is 2.20. The molecule has 2 heterocycles. The molecule has 0 spiro atoms. The molecule has 2 aliphatic heterocycles. The second-order valence-corrected chi connectivity index (χ2v) is 9.27. The van der Waals surface area contributed by atoms with Gasteiger partial charge in [0.2, 0.25) is 23.6 Å². The zero-order valence-electron chi connectivity index (χ0n) is 20.7. The standard InChI is InChI=1S/C25H37N7O4/c1-2-17-21(33)31-19(15-16-9-4-3-5-10-16)24(36)32-14-7-6-12-20(32)23(35)30-18(22(34)29-17)11-8-13-28-25(26)27/h3-5,9-10,17-20H,2,6-8,11-15H2,1H3,(H,29,34)(H,30,35)(H,31,33)(H4,26,27,28)/t17-,18-,19-,20+/m0/s1. The van der Waals surface area contributed by atoms with Gasteiger partial charge in [-0.3, -0.25) is 24.2 Å². The lowest BCUT2D eigenvalue weighted by atomic mass is 9.97. The van der Waals surface area contributed by atoms with Crippen LogP contribution in [0.2, 0.25) is 0 Å². The minimum Gasteiger partial charge on any atom is -0.370 e. The molecule has 11 nitrogen and oxygen atoms in total. The molecule has 0 bridgehead atoms. The Balaban J connectivity index is 1.89. The van der Waals surface area contributed by atoms with Crippen LogP contribution >= 0.6 is 0 Å². The van der Waals surface area contributed by atoms with Crippen molar-refractivity contribution in [3.8, 4) is 0 Å². The van der Waals surface area contributed by atoms with E-state index in [0.717, 1.165) is 18.4 Å². The van der Waals surface area contributed by atoms with Crippen molar-refractivity contribution in [1.82, 2.24) is 20.9 Å². The number of amides is 4. The summed E-state index contributed by atoms with van der Waals surface area (Å²) in [5.41, 5.74) is 11.6. The van der Waals surface area contributed by atoms with E-state index in [2.05, 4.69) is 20.9 Å². The molecule has 2 saturated heterocycles. The molecule has 0 unspecified atom stereocenters. The largest absolute Gasteiger partial charge is 0.370 e. The fraction of sp³-hybridized carbons (Fsp3) is 0.560. The van der Waals surface area contributed by atoms with Crippen LogP contribution in [-0.2, 0) is 25.6 Å². The van der Waals surface area contributed by atoms with Gasteiger partial charge in [-0.05, 0) is 44.1 Å². The summed E-state index contributed by atoms with van der Waals surface area (Å²) >= 11 is 0. The normalized spacial score (nSPS) is 25.4. The summed E-state index contributed by atoms with van der Waals surface area (Å²) in [5.74, 6) is -1.60. The van der Waals surface area contributed by atoms with E-state index < -0.39 is 36.0 Å². The lowest BCUT2D eigenvalue weighted by Gasteiger charge is -2.38. The first-order chi connectivity index (χ1) is 17.3. The first kappa shape index (κ1) is 27.0. The van der Waals surface area contributed by atoms with Gasteiger partial charge >= 0.3 is 0 Å². The Morgan fingerprint density at radius 3 is 2.31 bits per heavy atom. The summed E-state index contributed by atoms with van der Waals surface area (Å²) in [6, 6.07) is 6.11. The number of aliphatic imine (C=N–C) groups is 1. The van der Waals surface area contributed by atoms with E-state index in [1.54, 1.807) is 11.8 Å². The number of guanidine groups is 1. The van der Waals surface area contributed by atoms with Gasteiger partial charge in [0, 0.05) is 19.5 Å². The highest BCUT2D eigenvalue weighted by Gasteiger charge is 2.39. The fourth-order valence-corrected chi connectivity index (χ4v) is 4.66. The van der Waals surface area contributed by atoms with Gasteiger partial charge in [0.1, 0.15) is 24.2 Å². The maximum Gasteiger partial charge on any atom is 0.246 e. The quantitative estimate of drug-likeness (QED) is 0.193. The van der Waals surface area contributed by atoms with Gasteiger partial charge < -0.3 is 32.3 Å². The third-order valence-electron chi connectivity index (χ3n) is 6.61. The smallest absolute Gasteiger partial charge is 0.246 e. The molecule has 0 radical (unpaired) electrons. The van der Waals surface area contributed by atoms with Crippen LogP contribution < -0.4 is 27.4 Å². The van der Waals surface area contributed by atoms with E-state index in [1.807, 2.05) is 30.3 Å². The molecule has 2 fully saturated rings. The number of nitrogens with one attached hydrogen (secondary N) is 3. The number of benzene rings is 1. The van der Waals surface area contributed by atoms with Crippen LogP contribution in [0.1, 0.15) is 51.0 Å². The number of rotatable bonds is 7. The van der Waals surface area contributed by atoms with E-state index in [9.17, 15) is 19.2 Å². The van der Waals surface area contributed by atoms with E-state index in [-0.39, 0.29) is 30.6 Å². The predicted octanol–water partition coefficient (Wildman–Crippen LogP) is -0.458. The maximum atomic E-state index is 13.7. The Morgan fingerprint density at radius 1 is 0.944 bits per heavy atom. The van der Waals surface area contributed by atoms with Crippen molar-refractivity contribution in [1.29, 1.82) is 0 Å². The highest BCUT2D eigenvalue weighted by atomic mass is 16.2. The van der Waals surface area contributed by atoms with Crippen molar-refractivity contribution in [2.45, 2.75) is 76.0 Å². The van der Waals surface area contributed by atoms with Gasteiger partial charge in [0.05, 0.1) is 0 Å². The Kier molecular flexibility index (Phi) is 9.66. The summed E-state index contributed by atoms with van der Waals surface area (Å²) in [6.45, 7) is 2.49. The zero-order chi connectivity index (χ0) is 26.1. The average Bonchev–Trinajstić information content (AvgIpc) is 2.87. The van der Waals surface area contributed by atoms with Gasteiger partial charge in [-0.1, -0.05) is 37.3 Å². The van der Waals surface area contributed by atoms with E-state index >= 15 is 0 Å². The molecule has 11 heteroatoms. The first-order valence-electron chi connectivity index (χ1n) is 12.6. The Morgan fingerprint density at radius 2 is 1.61 bits per heavy atom. The number of nitrogens with zero attached hydrogens (tertiary/aromatic N) is 2. The Hall–Kier alpha value is -3.63. The zero-order valence-corrected chi connectivity index (χ0v) is 20.7. The lowest BCUT2D eigenvalue weighted by molar-refractivity contribution is -0.146. The predicted molar refractivity (Wildman–Crippen MR) is 135 cm³/mol. The highest BCUT2D eigenvalue weighted by molar-refractivity contribution is 5.97. The number of fused-ring (bicyclic) bond motifs is 1. The summed E-state index contributed by atoms with van der Waals surface area (Å²) < 4.78 is 0. The Labute approximate surface area is 211 Å². The van der Waals surface area contributed by atoms with Crippen LogP contribution in [0.15, 0.2) is 35.3 Å². The van der Waals surface area contributed by atoms with Crippen molar-refractivity contribution in [3.05, 3.63) is 35.9 Å². The lowest BCUT2D eigenvalue weighted by Crippen LogP contribution is -2.63. The molecule has 3 rings (SSSR count). The number of carbonyl (C=O) groups excluding carboxylic acids is 4. The monoisotopic (exact) mass is 499 g/mol. The van der Waals surface area contributed by atoms with Crippen LogP contribution in [0.3, 0.4) is 0 Å².